The van der Waals surface area contributed by atoms with E-state index in [2.05, 4.69) is 19.1 Å². The normalized spacial score (nSPS) is 12.0. The molecule has 0 aromatic carbocycles. The Bertz CT molecular complexity index is 318. The van der Waals surface area contributed by atoms with Crippen LogP contribution in [0.4, 0.5) is 0 Å². The van der Waals surface area contributed by atoms with Crippen LogP contribution in [0.2, 0.25) is 0 Å². The molecule has 3 heteroatoms. The quantitative estimate of drug-likeness (QED) is 0.156. The first-order valence-corrected chi connectivity index (χ1v) is 10.1. The summed E-state index contributed by atoms with van der Waals surface area (Å²) < 4.78 is 5.09. The number of ether oxygens (including phenoxy) is 1. The summed E-state index contributed by atoms with van der Waals surface area (Å²) in [6, 6.07) is 0. The largest absolute Gasteiger partial charge is 0.445 e. The summed E-state index contributed by atoms with van der Waals surface area (Å²) >= 11 is 0. The molecule has 0 fully saturated rings. The zero-order chi connectivity index (χ0) is 18.1. The van der Waals surface area contributed by atoms with Crippen molar-refractivity contribution in [3.8, 4) is 0 Å². The molecular weight excluding hydrogens is 298 g/mol. The van der Waals surface area contributed by atoms with Gasteiger partial charge in [-0.15, -0.1) is 0 Å². The van der Waals surface area contributed by atoms with Crippen LogP contribution in [0.15, 0.2) is 12.2 Å². The number of unbranched alkanes of at least 4 members (excludes halogenated alkanes) is 11. The fourth-order valence-corrected chi connectivity index (χ4v) is 2.68. The SMILES string of the molecule is CCCCCCCC/C=C\CCCCCCCC(=O)OC(C)(C)N. The highest BCUT2D eigenvalue weighted by molar-refractivity contribution is 5.69. The molecule has 0 bridgehead atoms. The van der Waals surface area contributed by atoms with Gasteiger partial charge in [-0.3, -0.25) is 10.5 Å². The first kappa shape index (κ1) is 23.2. The molecule has 0 amide bonds. The van der Waals surface area contributed by atoms with Crippen LogP contribution < -0.4 is 5.73 Å². The summed E-state index contributed by atoms with van der Waals surface area (Å²) in [7, 11) is 0. The number of esters is 1. The smallest absolute Gasteiger partial charge is 0.307 e. The van der Waals surface area contributed by atoms with E-state index in [1.165, 1.54) is 70.6 Å². The fourth-order valence-electron chi connectivity index (χ4n) is 2.68. The Morgan fingerprint density at radius 3 is 1.79 bits per heavy atom. The summed E-state index contributed by atoms with van der Waals surface area (Å²) in [5.74, 6) is -0.180. The predicted molar refractivity (Wildman–Crippen MR) is 104 cm³/mol. The van der Waals surface area contributed by atoms with Crippen molar-refractivity contribution in [2.45, 2.75) is 116 Å². The van der Waals surface area contributed by atoms with Gasteiger partial charge in [0.15, 0.2) is 5.72 Å². The van der Waals surface area contributed by atoms with E-state index < -0.39 is 5.72 Å². The molecule has 142 valence electrons. The monoisotopic (exact) mass is 339 g/mol. The lowest BCUT2D eigenvalue weighted by Crippen LogP contribution is -2.37. The average Bonchev–Trinajstić information content (AvgIpc) is 2.49. The number of allylic oxidation sites excluding steroid dienone is 2. The van der Waals surface area contributed by atoms with Gasteiger partial charge < -0.3 is 4.74 Å². The molecule has 0 aromatic rings. The Morgan fingerprint density at radius 2 is 1.29 bits per heavy atom. The number of carbonyl (C=O) groups is 1. The van der Waals surface area contributed by atoms with Gasteiger partial charge in [-0.25, -0.2) is 0 Å². The second-order valence-electron chi connectivity index (χ2n) is 7.41. The van der Waals surface area contributed by atoms with Gasteiger partial charge >= 0.3 is 5.97 Å². The molecule has 0 saturated carbocycles. The average molecular weight is 340 g/mol. The van der Waals surface area contributed by atoms with E-state index in [1.807, 2.05) is 0 Å². The van der Waals surface area contributed by atoms with Crippen molar-refractivity contribution in [2.24, 2.45) is 5.73 Å². The lowest BCUT2D eigenvalue weighted by Gasteiger charge is -2.19. The number of rotatable bonds is 16. The van der Waals surface area contributed by atoms with Gasteiger partial charge in [0.05, 0.1) is 0 Å². The maximum absolute atomic E-state index is 11.5. The van der Waals surface area contributed by atoms with Crippen molar-refractivity contribution in [1.29, 1.82) is 0 Å². The Hall–Kier alpha value is -0.830. The molecule has 0 rings (SSSR count). The van der Waals surface area contributed by atoms with Crippen molar-refractivity contribution in [3.05, 3.63) is 12.2 Å². The molecule has 3 nitrogen and oxygen atoms in total. The van der Waals surface area contributed by atoms with Crippen molar-refractivity contribution >= 4 is 5.97 Å². The van der Waals surface area contributed by atoms with E-state index >= 15 is 0 Å². The van der Waals surface area contributed by atoms with Crippen LogP contribution >= 0.6 is 0 Å². The van der Waals surface area contributed by atoms with Crippen molar-refractivity contribution in [3.63, 3.8) is 0 Å². The van der Waals surface area contributed by atoms with E-state index in [0.717, 1.165) is 12.8 Å². The highest BCUT2D eigenvalue weighted by Crippen LogP contribution is 2.11. The summed E-state index contributed by atoms with van der Waals surface area (Å²) in [5, 5.41) is 0. The van der Waals surface area contributed by atoms with Crippen molar-refractivity contribution in [1.82, 2.24) is 0 Å². The third-order valence-corrected chi connectivity index (χ3v) is 4.02. The summed E-state index contributed by atoms with van der Waals surface area (Å²) in [6.45, 7) is 5.66. The number of hydrogen-bond donors (Lipinski definition) is 1. The van der Waals surface area contributed by atoms with Gasteiger partial charge in [-0.05, 0) is 46.0 Å². The number of nitrogens with two attached hydrogens (primary N) is 1. The van der Waals surface area contributed by atoms with E-state index in [1.54, 1.807) is 13.8 Å². The van der Waals surface area contributed by atoms with Crippen LogP contribution in [0.1, 0.15) is 111 Å². The van der Waals surface area contributed by atoms with Crippen molar-refractivity contribution < 1.29 is 9.53 Å². The third kappa shape index (κ3) is 19.2. The van der Waals surface area contributed by atoms with Gasteiger partial charge in [0.1, 0.15) is 0 Å². The minimum Gasteiger partial charge on any atom is -0.445 e. The zero-order valence-electron chi connectivity index (χ0n) is 16.4. The summed E-state index contributed by atoms with van der Waals surface area (Å²) in [5.41, 5.74) is 4.79. The first-order valence-electron chi connectivity index (χ1n) is 10.1. The van der Waals surface area contributed by atoms with Gasteiger partial charge in [0.25, 0.3) is 0 Å². The number of carbonyl (C=O) groups excluding carboxylic acids is 1. The molecule has 0 heterocycles. The van der Waals surface area contributed by atoms with Gasteiger partial charge in [0, 0.05) is 6.42 Å². The molecule has 0 aliphatic rings. The Labute approximate surface area is 150 Å². The minimum absolute atomic E-state index is 0.180. The molecule has 0 aliphatic heterocycles. The zero-order valence-corrected chi connectivity index (χ0v) is 16.4. The molecule has 0 radical (unpaired) electrons. The van der Waals surface area contributed by atoms with E-state index in [4.69, 9.17) is 10.5 Å². The van der Waals surface area contributed by atoms with E-state index in [0.29, 0.717) is 6.42 Å². The second-order valence-corrected chi connectivity index (χ2v) is 7.41. The molecule has 0 spiro atoms. The molecule has 0 saturated heterocycles. The molecule has 0 aromatic heterocycles. The lowest BCUT2D eigenvalue weighted by molar-refractivity contribution is -0.156. The topological polar surface area (TPSA) is 52.3 Å². The maximum atomic E-state index is 11.5. The van der Waals surface area contributed by atoms with Crippen LogP contribution in [0.3, 0.4) is 0 Å². The third-order valence-electron chi connectivity index (χ3n) is 4.02. The van der Waals surface area contributed by atoms with Crippen LogP contribution in [0.25, 0.3) is 0 Å². The van der Waals surface area contributed by atoms with Crippen LogP contribution in [-0.2, 0) is 9.53 Å². The Balaban J connectivity index is 3.25. The van der Waals surface area contributed by atoms with Gasteiger partial charge in [-0.1, -0.05) is 70.4 Å². The van der Waals surface area contributed by atoms with E-state index in [9.17, 15) is 4.79 Å². The lowest BCUT2D eigenvalue weighted by atomic mass is 10.1. The minimum atomic E-state index is -0.848. The summed E-state index contributed by atoms with van der Waals surface area (Å²) in [6.07, 6.45) is 21.6. The standard InChI is InChI=1S/C21H41NO2/c1-4-5-6-7-8-9-10-11-12-13-14-15-16-17-18-19-20(23)24-21(2,3)22/h11-12H,4-10,13-19,22H2,1-3H3/b12-11-. The molecule has 0 unspecified atom stereocenters. The van der Waals surface area contributed by atoms with Gasteiger partial charge in [-0.2, -0.15) is 0 Å². The fraction of sp³-hybridized carbons (Fsp3) is 0.857. The highest BCUT2D eigenvalue weighted by atomic mass is 16.6. The number of hydrogen-bond acceptors (Lipinski definition) is 3. The highest BCUT2D eigenvalue weighted by Gasteiger charge is 2.15. The Kier molecular flexibility index (Phi) is 15.1. The van der Waals surface area contributed by atoms with Crippen molar-refractivity contribution in [2.75, 3.05) is 0 Å². The Morgan fingerprint density at radius 1 is 0.833 bits per heavy atom. The maximum Gasteiger partial charge on any atom is 0.307 e. The van der Waals surface area contributed by atoms with Gasteiger partial charge in [0.2, 0.25) is 0 Å². The van der Waals surface area contributed by atoms with Crippen LogP contribution in [-0.4, -0.2) is 11.7 Å². The molecule has 0 aliphatic carbocycles. The van der Waals surface area contributed by atoms with Crippen LogP contribution in [0, 0.1) is 0 Å². The van der Waals surface area contributed by atoms with E-state index in [-0.39, 0.29) is 5.97 Å². The molecule has 24 heavy (non-hydrogen) atoms. The molecule has 0 atom stereocenters. The predicted octanol–water partition coefficient (Wildman–Crippen LogP) is 6.26. The second kappa shape index (κ2) is 15.7. The molecule has 2 N–H and O–H groups in total. The first-order chi connectivity index (χ1) is 11.5. The van der Waals surface area contributed by atoms with Crippen LogP contribution in [0.5, 0.6) is 0 Å². The summed E-state index contributed by atoms with van der Waals surface area (Å²) in [4.78, 5) is 11.5. The molecular formula is C21H41NO2.